The molecule has 0 unspecified atom stereocenters. The maximum Gasteiger partial charge on any atom is 0.311 e. The van der Waals surface area contributed by atoms with Crippen molar-refractivity contribution in [3.63, 3.8) is 0 Å². The van der Waals surface area contributed by atoms with Gasteiger partial charge < -0.3 is 24.8 Å². The van der Waals surface area contributed by atoms with Gasteiger partial charge in [0.25, 0.3) is 0 Å². The van der Waals surface area contributed by atoms with Crippen LogP contribution in [-0.2, 0) is 14.3 Å². The summed E-state index contributed by atoms with van der Waals surface area (Å²) in [5, 5.41) is 6.69. The molecule has 2 aromatic rings. The van der Waals surface area contributed by atoms with Gasteiger partial charge in [0.15, 0.2) is 11.5 Å². The Labute approximate surface area is 191 Å². The molecule has 0 saturated heterocycles. The average molecular weight is 456 g/mol. The van der Waals surface area contributed by atoms with Crippen LogP contribution in [0.15, 0.2) is 59.2 Å². The molecule has 0 saturated carbocycles. The van der Waals surface area contributed by atoms with Crippen LogP contribution in [0, 0.1) is 0 Å². The largest absolute Gasteiger partial charge is 0.493 e. The van der Waals surface area contributed by atoms with Crippen molar-refractivity contribution in [2.24, 2.45) is 4.99 Å². The van der Waals surface area contributed by atoms with E-state index in [2.05, 4.69) is 15.6 Å². The lowest BCUT2D eigenvalue weighted by atomic mass is 10.2. The Bertz CT molecular complexity index is 1050. The van der Waals surface area contributed by atoms with Crippen LogP contribution >= 0.6 is 11.8 Å². The number of hydrogen-bond acceptors (Lipinski definition) is 8. The average Bonchev–Trinajstić information content (AvgIpc) is 2.96. The number of hydrogen-bond donors (Lipinski definition) is 2. The van der Waals surface area contributed by atoms with Crippen molar-refractivity contribution in [1.82, 2.24) is 0 Å². The highest BCUT2D eigenvalue weighted by Crippen LogP contribution is 2.32. The minimum absolute atomic E-state index is 0.0829. The third-order valence-electron chi connectivity index (χ3n) is 4.39. The Kier molecular flexibility index (Phi) is 8.15. The lowest BCUT2D eigenvalue weighted by Gasteiger charge is -2.10. The lowest BCUT2D eigenvalue weighted by Crippen LogP contribution is -2.15. The molecule has 0 spiro atoms. The Hall–Kier alpha value is -3.46. The predicted molar refractivity (Wildman–Crippen MR) is 127 cm³/mol. The molecule has 1 aliphatic heterocycles. The predicted octanol–water partition coefficient (Wildman–Crippen LogP) is 4.37. The van der Waals surface area contributed by atoms with Crippen molar-refractivity contribution in [3.8, 4) is 11.5 Å². The van der Waals surface area contributed by atoms with E-state index in [1.807, 2.05) is 24.3 Å². The van der Waals surface area contributed by atoms with Gasteiger partial charge >= 0.3 is 5.97 Å². The summed E-state index contributed by atoms with van der Waals surface area (Å²) in [6.07, 6.45) is 1.85. The number of thioether (sulfide) groups is 1. The number of methoxy groups -OCH3 is 2. The van der Waals surface area contributed by atoms with E-state index in [0.717, 1.165) is 11.4 Å². The topological polar surface area (TPSA) is 98.3 Å². The number of esters is 1. The van der Waals surface area contributed by atoms with Crippen LogP contribution in [0.3, 0.4) is 0 Å². The number of fused-ring (bicyclic) bond motifs is 1. The highest BCUT2D eigenvalue weighted by molar-refractivity contribution is 8.14. The zero-order chi connectivity index (χ0) is 22.9. The second kappa shape index (κ2) is 11.2. The van der Waals surface area contributed by atoms with E-state index in [1.165, 1.54) is 18.9 Å². The Morgan fingerprint density at radius 2 is 1.88 bits per heavy atom. The number of nitrogens with zero attached hydrogens (tertiary/aromatic N) is 1. The second-order valence-corrected chi connectivity index (χ2v) is 7.65. The van der Waals surface area contributed by atoms with Crippen molar-refractivity contribution in [3.05, 3.63) is 54.2 Å². The van der Waals surface area contributed by atoms with Crippen molar-refractivity contribution >= 4 is 45.7 Å². The lowest BCUT2D eigenvalue weighted by molar-refractivity contribution is -0.142. The Balaban J connectivity index is 1.70. The van der Waals surface area contributed by atoms with Gasteiger partial charge in [-0.05, 0) is 37.3 Å². The van der Waals surface area contributed by atoms with Gasteiger partial charge in [0.05, 0.1) is 49.4 Å². The number of para-hydroxylation sites is 2. The van der Waals surface area contributed by atoms with Crippen LogP contribution in [0.25, 0.3) is 0 Å². The van der Waals surface area contributed by atoms with Crippen LogP contribution in [0.1, 0.15) is 13.3 Å². The zero-order valence-electron chi connectivity index (χ0n) is 18.1. The van der Waals surface area contributed by atoms with Gasteiger partial charge in [-0.25, -0.2) is 4.99 Å². The molecule has 0 bridgehead atoms. The first-order valence-electron chi connectivity index (χ1n) is 9.98. The first-order chi connectivity index (χ1) is 15.5. The first-order valence-corrected chi connectivity index (χ1v) is 11.0. The number of rotatable bonds is 8. The van der Waals surface area contributed by atoms with Crippen LogP contribution in [0.5, 0.6) is 11.5 Å². The summed E-state index contributed by atoms with van der Waals surface area (Å²) in [5.41, 5.74) is 2.76. The van der Waals surface area contributed by atoms with Crippen LogP contribution in [0.2, 0.25) is 0 Å². The molecule has 0 aromatic heterocycles. The summed E-state index contributed by atoms with van der Waals surface area (Å²) >= 11 is 1.28. The molecular weight excluding hydrogens is 430 g/mol. The molecule has 2 aromatic carbocycles. The molecule has 3 rings (SSSR count). The molecule has 8 nitrogen and oxygen atoms in total. The summed E-state index contributed by atoms with van der Waals surface area (Å²) in [6, 6.07) is 12.7. The molecule has 1 heterocycles. The minimum atomic E-state index is -0.332. The number of anilines is 2. The van der Waals surface area contributed by atoms with Crippen molar-refractivity contribution < 1.29 is 23.8 Å². The van der Waals surface area contributed by atoms with Gasteiger partial charge in [0.1, 0.15) is 0 Å². The number of carbonyl (C=O) groups is 2. The van der Waals surface area contributed by atoms with Gasteiger partial charge in [0.2, 0.25) is 5.91 Å². The third-order valence-corrected chi connectivity index (χ3v) is 5.30. The zero-order valence-corrected chi connectivity index (χ0v) is 19.0. The molecule has 168 valence electrons. The molecule has 0 aliphatic carbocycles. The van der Waals surface area contributed by atoms with E-state index in [1.54, 1.807) is 38.3 Å². The summed E-state index contributed by atoms with van der Waals surface area (Å²) in [4.78, 5) is 29.1. The fourth-order valence-corrected chi connectivity index (χ4v) is 3.71. The molecule has 0 atom stereocenters. The summed E-state index contributed by atoms with van der Waals surface area (Å²) in [5.74, 6) is 0.716. The van der Waals surface area contributed by atoms with Gasteiger partial charge in [-0.2, -0.15) is 0 Å². The van der Waals surface area contributed by atoms with E-state index in [4.69, 9.17) is 14.2 Å². The minimum Gasteiger partial charge on any atom is -0.493 e. The quantitative estimate of drug-likeness (QED) is 0.571. The molecule has 32 heavy (non-hydrogen) atoms. The van der Waals surface area contributed by atoms with Crippen molar-refractivity contribution in [2.45, 2.75) is 13.3 Å². The molecule has 1 amide bonds. The maximum atomic E-state index is 12.5. The van der Waals surface area contributed by atoms with E-state index < -0.39 is 0 Å². The van der Waals surface area contributed by atoms with Crippen LogP contribution < -0.4 is 20.1 Å². The number of nitrogens with one attached hydrogen (secondary N) is 2. The molecule has 0 fully saturated rings. The molecular formula is C23H25N3O5S. The number of aliphatic imine (C=N–C) groups is 1. The second-order valence-electron chi connectivity index (χ2n) is 6.65. The summed E-state index contributed by atoms with van der Waals surface area (Å²) < 4.78 is 15.5. The van der Waals surface area contributed by atoms with Crippen molar-refractivity contribution in [2.75, 3.05) is 37.2 Å². The SMILES string of the molecule is CCOC(=O)CC1=CC(SCC(=O)Nc2ccc(OC)c(OC)c2)=Nc2ccccc2N1. The van der Waals surface area contributed by atoms with Gasteiger partial charge in [-0.15, -0.1) is 0 Å². The number of carbonyl (C=O) groups excluding carboxylic acids is 2. The molecule has 1 aliphatic rings. The van der Waals surface area contributed by atoms with E-state index in [0.29, 0.717) is 34.5 Å². The van der Waals surface area contributed by atoms with Crippen LogP contribution in [-0.4, -0.2) is 43.5 Å². The highest BCUT2D eigenvalue weighted by Gasteiger charge is 2.16. The molecule has 0 radical (unpaired) electrons. The molecule has 9 heteroatoms. The monoisotopic (exact) mass is 455 g/mol. The summed E-state index contributed by atoms with van der Waals surface area (Å²) in [6.45, 7) is 2.08. The standard InChI is InChI=1S/C23H25N3O5S/c1-4-31-23(28)13-16-12-22(26-18-8-6-5-7-17(18)24-16)32-14-21(27)25-15-9-10-19(29-2)20(11-15)30-3/h5-12,24H,4,13-14H2,1-3H3,(H,25,27). The maximum absolute atomic E-state index is 12.5. The molecule has 2 N–H and O–H groups in total. The van der Waals surface area contributed by atoms with E-state index in [9.17, 15) is 9.59 Å². The van der Waals surface area contributed by atoms with E-state index >= 15 is 0 Å². The van der Waals surface area contributed by atoms with E-state index in [-0.39, 0.29) is 24.1 Å². The Morgan fingerprint density at radius 3 is 2.62 bits per heavy atom. The Morgan fingerprint density at radius 1 is 1.09 bits per heavy atom. The van der Waals surface area contributed by atoms with Gasteiger partial charge in [0, 0.05) is 17.5 Å². The van der Waals surface area contributed by atoms with Gasteiger partial charge in [-0.3, -0.25) is 9.59 Å². The number of ether oxygens (including phenoxy) is 3. The summed E-state index contributed by atoms with van der Waals surface area (Å²) in [7, 11) is 3.09. The smallest absolute Gasteiger partial charge is 0.311 e. The fourth-order valence-electron chi connectivity index (χ4n) is 2.97. The van der Waals surface area contributed by atoms with Crippen molar-refractivity contribution in [1.29, 1.82) is 0 Å². The number of amides is 1. The highest BCUT2D eigenvalue weighted by atomic mass is 32.2. The first kappa shape index (κ1) is 23.2. The number of benzene rings is 2. The fraction of sp³-hybridized carbons (Fsp3) is 0.261. The van der Waals surface area contributed by atoms with Gasteiger partial charge in [-0.1, -0.05) is 23.9 Å². The third kappa shape index (κ3) is 6.27. The normalized spacial score (nSPS) is 12.3. The van der Waals surface area contributed by atoms with Crippen LogP contribution in [0.4, 0.5) is 17.1 Å².